The molecule has 0 spiro atoms. The highest BCUT2D eigenvalue weighted by Gasteiger charge is 2.39. The van der Waals surface area contributed by atoms with Crippen molar-refractivity contribution in [1.29, 1.82) is 0 Å². The monoisotopic (exact) mass is 431 g/mol. The Morgan fingerprint density at radius 1 is 0.938 bits per heavy atom. The van der Waals surface area contributed by atoms with Crippen molar-refractivity contribution in [3.8, 4) is 0 Å². The summed E-state index contributed by atoms with van der Waals surface area (Å²) in [5.74, 6) is 1.95. The topological polar surface area (TPSA) is 12.5 Å². The number of rotatable bonds is 3. The lowest BCUT2D eigenvalue weighted by Crippen LogP contribution is -2.44. The molecule has 0 unspecified atom stereocenters. The first-order chi connectivity index (χ1) is 14.9. The summed E-state index contributed by atoms with van der Waals surface area (Å²) in [6.45, 7) is 20.8. The minimum atomic E-state index is -0.0202. The van der Waals surface area contributed by atoms with Crippen LogP contribution in [-0.2, 0) is 15.6 Å². The predicted molar refractivity (Wildman–Crippen MR) is 138 cm³/mol. The van der Waals surface area contributed by atoms with Gasteiger partial charge in [0.1, 0.15) is 11.5 Å². The lowest BCUT2D eigenvalue weighted by atomic mass is 9.69. The summed E-state index contributed by atoms with van der Waals surface area (Å²) in [6.07, 6.45) is 14.5. The van der Waals surface area contributed by atoms with E-state index in [0.717, 1.165) is 17.9 Å². The molecule has 3 heterocycles. The average Bonchev–Trinajstić information content (AvgIpc) is 2.70. The summed E-state index contributed by atoms with van der Waals surface area (Å²) in [7, 11) is 0. The highest BCUT2D eigenvalue weighted by molar-refractivity contribution is 5.72. The van der Waals surface area contributed by atoms with Crippen molar-refractivity contribution >= 4 is 11.8 Å². The third-order valence-corrected chi connectivity index (χ3v) is 7.37. The van der Waals surface area contributed by atoms with E-state index < -0.39 is 0 Å². The molecule has 1 aromatic rings. The second kappa shape index (κ2) is 7.97. The summed E-state index contributed by atoms with van der Waals surface area (Å²) in [5, 5.41) is 0. The van der Waals surface area contributed by atoms with Crippen LogP contribution in [-0.4, -0.2) is 13.1 Å². The molecular formula is C30H41NO. The van der Waals surface area contributed by atoms with Crippen LogP contribution in [0.1, 0.15) is 91.3 Å². The molecule has 2 nitrogen and oxygen atoms in total. The van der Waals surface area contributed by atoms with Gasteiger partial charge in [-0.15, -0.1) is 0 Å². The minimum absolute atomic E-state index is 0.0202. The number of anilines is 1. The molecule has 0 N–H and O–H groups in total. The molecular weight excluding hydrogens is 390 g/mol. The molecule has 1 aromatic carbocycles. The zero-order valence-electron chi connectivity index (χ0n) is 21.4. The standard InChI is InChI=1S/C30H41NO/c1-9-10-21-17-23(32-26(20-21)28(2,3)4)12-11-22-18-24-27-25(19-22)30(7,8)14-16-31(27)15-13-29(24,5)6/h10-12,17-20H,9,13-16H2,1-8H3. The first kappa shape index (κ1) is 23.0. The molecule has 172 valence electrons. The molecule has 0 atom stereocenters. The van der Waals surface area contributed by atoms with Crippen LogP contribution >= 0.6 is 0 Å². The van der Waals surface area contributed by atoms with Crippen LogP contribution in [0.25, 0.3) is 6.08 Å². The molecule has 3 aliphatic rings. The zero-order valence-corrected chi connectivity index (χ0v) is 21.4. The second-order valence-corrected chi connectivity index (χ2v) is 12.1. The molecule has 0 radical (unpaired) electrons. The molecule has 32 heavy (non-hydrogen) atoms. The van der Waals surface area contributed by atoms with Crippen molar-refractivity contribution in [3.63, 3.8) is 0 Å². The smallest absolute Gasteiger partial charge is 0.127 e. The Morgan fingerprint density at radius 2 is 1.53 bits per heavy atom. The SMILES string of the molecule is CCC=C1C=C(C=Cc2cc3c4c(c2)C(C)(C)CCN4CCC3(C)C)OC(C(C)(C)C)=C1. The molecule has 0 aromatic heterocycles. The fourth-order valence-corrected chi connectivity index (χ4v) is 5.09. The molecule has 0 saturated carbocycles. The quantitative estimate of drug-likeness (QED) is 0.480. The number of hydrogen-bond acceptors (Lipinski definition) is 2. The molecule has 0 saturated heterocycles. The highest BCUT2D eigenvalue weighted by Crippen LogP contribution is 2.49. The summed E-state index contributed by atoms with van der Waals surface area (Å²) in [4.78, 5) is 2.63. The molecule has 4 rings (SSSR count). The fourth-order valence-electron chi connectivity index (χ4n) is 5.09. The van der Waals surface area contributed by atoms with E-state index in [-0.39, 0.29) is 16.2 Å². The van der Waals surface area contributed by atoms with Gasteiger partial charge in [-0.3, -0.25) is 0 Å². The maximum absolute atomic E-state index is 6.31. The van der Waals surface area contributed by atoms with Crippen molar-refractivity contribution in [3.05, 3.63) is 70.2 Å². The number of benzene rings is 1. The Balaban J connectivity index is 1.74. The fraction of sp³-hybridized carbons (Fsp3) is 0.533. The number of nitrogens with zero attached hydrogens (tertiary/aromatic N) is 1. The first-order valence-electron chi connectivity index (χ1n) is 12.3. The van der Waals surface area contributed by atoms with Crippen molar-refractivity contribution in [2.75, 3.05) is 18.0 Å². The summed E-state index contributed by atoms with van der Waals surface area (Å²) < 4.78 is 6.31. The van der Waals surface area contributed by atoms with Gasteiger partial charge in [0, 0.05) is 24.2 Å². The summed E-state index contributed by atoms with van der Waals surface area (Å²) in [5.41, 5.74) is 7.43. The van der Waals surface area contributed by atoms with Gasteiger partial charge in [-0.2, -0.15) is 0 Å². The second-order valence-electron chi connectivity index (χ2n) is 12.1. The van der Waals surface area contributed by atoms with E-state index in [1.807, 2.05) is 0 Å². The lowest BCUT2D eigenvalue weighted by Gasteiger charge is -2.48. The van der Waals surface area contributed by atoms with Crippen LogP contribution in [0.4, 0.5) is 5.69 Å². The molecule has 0 fully saturated rings. The van der Waals surface area contributed by atoms with Gasteiger partial charge in [0.05, 0.1) is 0 Å². The van der Waals surface area contributed by atoms with Crippen LogP contribution in [0.5, 0.6) is 0 Å². The summed E-state index contributed by atoms with van der Waals surface area (Å²) >= 11 is 0. The van der Waals surface area contributed by atoms with E-state index >= 15 is 0 Å². The van der Waals surface area contributed by atoms with Gasteiger partial charge >= 0.3 is 0 Å². The van der Waals surface area contributed by atoms with Crippen LogP contribution in [0.15, 0.2) is 53.5 Å². The zero-order chi connectivity index (χ0) is 23.3. The highest BCUT2D eigenvalue weighted by atomic mass is 16.5. The van der Waals surface area contributed by atoms with Gasteiger partial charge in [-0.1, -0.05) is 67.5 Å². The van der Waals surface area contributed by atoms with Gasteiger partial charge in [0.25, 0.3) is 0 Å². The maximum atomic E-state index is 6.31. The van der Waals surface area contributed by atoms with Crippen LogP contribution in [0.2, 0.25) is 0 Å². The van der Waals surface area contributed by atoms with E-state index in [9.17, 15) is 0 Å². The van der Waals surface area contributed by atoms with E-state index in [2.05, 4.69) is 103 Å². The lowest BCUT2D eigenvalue weighted by molar-refractivity contribution is 0.223. The summed E-state index contributed by atoms with van der Waals surface area (Å²) in [6, 6.07) is 4.85. The van der Waals surface area contributed by atoms with Crippen molar-refractivity contribution in [2.24, 2.45) is 5.41 Å². The van der Waals surface area contributed by atoms with Crippen LogP contribution in [0, 0.1) is 5.41 Å². The van der Waals surface area contributed by atoms with E-state index in [0.29, 0.717) is 0 Å². The van der Waals surface area contributed by atoms with Gasteiger partial charge in [0.2, 0.25) is 0 Å². The minimum Gasteiger partial charge on any atom is -0.461 e. The number of ether oxygens (including phenoxy) is 1. The Kier molecular flexibility index (Phi) is 5.72. The first-order valence-corrected chi connectivity index (χ1v) is 12.3. The van der Waals surface area contributed by atoms with Crippen LogP contribution in [0.3, 0.4) is 0 Å². The maximum Gasteiger partial charge on any atom is 0.127 e. The van der Waals surface area contributed by atoms with Crippen molar-refractivity contribution in [1.82, 2.24) is 0 Å². The van der Waals surface area contributed by atoms with E-state index in [1.165, 1.54) is 53.9 Å². The molecule has 0 aliphatic carbocycles. The third-order valence-electron chi connectivity index (χ3n) is 7.37. The Bertz CT molecular complexity index is 982. The van der Waals surface area contributed by atoms with Crippen molar-refractivity contribution < 1.29 is 4.74 Å². The number of hydrogen-bond donors (Lipinski definition) is 0. The van der Waals surface area contributed by atoms with E-state index in [4.69, 9.17) is 4.74 Å². The van der Waals surface area contributed by atoms with Crippen LogP contribution < -0.4 is 4.90 Å². The van der Waals surface area contributed by atoms with Gasteiger partial charge < -0.3 is 9.64 Å². The van der Waals surface area contributed by atoms with E-state index in [1.54, 1.807) is 0 Å². The Labute approximate surface area is 195 Å². The molecule has 0 bridgehead atoms. The molecule has 2 heteroatoms. The molecule has 3 aliphatic heterocycles. The Hall–Kier alpha value is -2.22. The van der Waals surface area contributed by atoms with Gasteiger partial charge in [-0.05, 0) is 82.7 Å². The predicted octanol–water partition coefficient (Wildman–Crippen LogP) is 8.05. The van der Waals surface area contributed by atoms with Crippen molar-refractivity contribution in [2.45, 2.75) is 85.5 Å². The van der Waals surface area contributed by atoms with Gasteiger partial charge in [-0.25, -0.2) is 0 Å². The largest absolute Gasteiger partial charge is 0.461 e. The van der Waals surface area contributed by atoms with Gasteiger partial charge in [0.15, 0.2) is 0 Å². The normalized spacial score (nSPS) is 23.0. The number of allylic oxidation sites excluding steroid dienone is 6. The molecule has 0 amide bonds. The third kappa shape index (κ3) is 4.34. The average molecular weight is 432 g/mol. The Morgan fingerprint density at radius 3 is 2.06 bits per heavy atom.